The predicted molar refractivity (Wildman–Crippen MR) is 83.1 cm³/mol. The van der Waals surface area contributed by atoms with Gasteiger partial charge in [0.05, 0.1) is 0 Å². The minimum atomic E-state index is 0.607. The zero-order valence-electron chi connectivity index (χ0n) is 12.3. The Kier molecular flexibility index (Phi) is 4.33. The third-order valence-corrected chi connectivity index (χ3v) is 3.27. The number of rotatable bonds is 6. The van der Waals surface area contributed by atoms with Gasteiger partial charge in [0.15, 0.2) is 5.82 Å². The first kappa shape index (κ1) is 14.1. The van der Waals surface area contributed by atoms with Crippen LogP contribution in [0.5, 0.6) is 0 Å². The Hall–Kier alpha value is -2.83. The summed E-state index contributed by atoms with van der Waals surface area (Å²) < 4.78 is 1.69. The number of pyridine rings is 1. The molecule has 0 aromatic carbocycles. The molecule has 1 N–H and O–H groups in total. The number of hydrogen-bond donors (Lipinski definition) is 1. The van der Waals surface area contributed by atoms with Crippen LogP contribution in [0.4, 0.5) is 5.95 Å². The topological polar surface area (TPSA) is 81.4 Å². The Morgan fingerprint density at radius 2 is 1.95 bits per heavy atom. The number of anilines is 1. The summed E-state index contributed by atoms with van der Waals surface area (Å²) in [6, 6.07) is 5.89. The average molecular weight is 295 g/mol. The lowest BCUT2D eigenvalue weighted by molar-refractivity contribution is 0.771. The monoisotopic (exact) mass is 295 g/mol. The molecule has 3 rings (SSSR count). The normalized spacial score (nSPS) is 10.6. The summed E-state index contributed by atoms with van der Waals surface area (Å²) in [7, 11) is 1.84. The molecule has 0 aliphatic rings. The molecule has 0 atom stereocenters. The first-order chi connectivity index (χ1) is 10.8. The fraction of sp³-hybridized carbons (Fsp3) is 0.267. The number of hydrogen-bond acceptors (Lipinski definition) is 6. The molecule has 3 heterocycles. The smallest absolute Gasteiger partial charge is 0.223 e. The molecule has 0 radical (unpaired) electrons. The Labute approximate surface area is 128 Å². The van der Waals surface area contributed by atoms with E-state index in [1.807, 2.05) is 37.6 Å². The van der Waals surface area contributed by atoms with E-state index in [0.29, 0.717) is 5.95 Å². The van der Waals surface area contributed by atoms with Crippen molar-refractivity contribution in [1.29, 1.82) is 0 Å². The van der Waals surface area contributed by atoms with E-state index in [9.17, 15) is 0 Å². The lowest BCUT2D eigenvalue weighted by Gasteiger charge is -2.06. The van der Waals surface area contributed by atoms with E-state index in [0.717, 1.165) is 30.9 Å². The van der Waals surface area contributed by atoms with Crippen molar-refractivity contribution < 1.29 is 0 Å². The molecule has 0 spiro atoms. The van der Waals surface area contributed by atoms with Crippen LogP contribution in [0.15, 0.2) is 43.1 Å². The summed E-state index contributed by atoms with van der Waals surface area (Å²) in [5.74, 6) is 1.33. The second kappa shape index (κ2) is 6.75. The maximum Gasteiger partial charge on any atom is 0.223 e. The van der Waals surface area contributed by atoms with Crippen molar-refractivity contribution in [2.24, 2.45) is 7.05 Å². The van der Waals surface area contributed by atoms with Crippen LogP contribution < -0.4 is 5.32 Å². The highest BCUT2D eigenvalue weighted by atomic mass is 15.3. The quantitative estimate of drug-likeness (QED) is 0.697. The summed E-state index contributed by atoms with van der Waals surface area (Å²) in [4.78, 5) is 16.9. The summed E-state index contributed by atoms with van der Waals surface area (Å²) in [6.45, 7) is 0.810. The fourth-order valence-corrected chi connectivity index (χ4v) is 2.14. The largest absolute Gasteiger partial charge is 0.354 e. The van der Waals surface area contributed by atoms with Crippen molar-refractivity contribution in [1.82, 2.24) is 29.7 Å². The Bertz CT molecular complexity index is 724. The molecule has 0 aliphatic heterocycles. The van der Waals surface area contributed by atoms with Gasteiger partial charge in [-0.3, -0.25) is 4.98 Å². The van der Waals surface area contributed by atoms with Crippen LogP contribution >= 0.6 is 0 Å². The van der Waals surface area contributed by atoms with Gasteiger partial charge in [-0.2, -0.15) is 5.10 Å². The summed E-state index contributed by atoms with van der Waals surface area (Å²) in [5, 5.41) is 7.29. The molecule has 0 aliphatic carbocycles. The molecule has 0 saturated heterocycles. The molecule has 3 aromatic rings. The van der Waals surface area contributed by atoms with Gasteiger partial charge in [0.2, 0.25) is 5.95 Å². The molecule has 7 nitrogen and oxygen atoms in total. The van der Waals surface area contributed by atoms with Gasteiger partial charge in [-0.05, 0) is 36.6 Å². The van der Waals surface area contributed by atoms with E-state index in [1.54, 1.807) is 10.9 Å². The molecule has 0 amide bonds. The number of aryl methyl sites for hydroxylation is 2. The zero-order chi connectivity index (χ0) is 15.2. The number of nitrogens with one attached hydrogen (secondary N) is 1. The summed E-state index contributed by atoms with van der Waals surface area (Å²) in [6.07, 6.45) is 8.87. The third kappa shape index (κ3) is 3.43. The first-order valence-corrected chi connectivity index (χ1v) is 7.13. The standard InChI is InChI=1S/C15H17N7/c1-22-14(19-11-20-22)13-6-10-18-15(21-13)17-7-2-3-12-4-8-16-9-5-12/h4-6,8-11H,2-3,7H2,1H3,(H,17,18,21). The van der Waals surface area contributed by atoms with Crippen molar-refractivity contribution in [3.05, 3.63) is 48.7 Å². The van der Waals surface area contributed by atoms with Gasteiger partial charge in [-0.15, -0.1) is 0 Å². The molecule has 0 bridgehead atoms. The SMILES string of the molecule is Cn1ncnc1-c1ccnc(NCCCc2ccncc2)n1. The maximum absolute atomic E-state index is 4.47. The van der Waals surface area contributed by atoms with E-state index >= 15 is 0 Å². The van der Waals surface area contributed by atoms with Crippen molar-refractivity contribution in [3.8, 4) is 11.5 Å². The first-order valence-electron chi connectivity index (χ1n) is 7.13. The molecule has 0 unspecified atom stereocenters. The van der Waals surface area contributed by atoms with Crippen molar-refractivity contribution >= 4 is 5.95 Å². The number of aromatic nitrogens is 6. The van der Waals surface area contributed by atoms with E-state index in [-0.39, 0.29) is 0 Å². The Morgan fingerprint density at radius 3 is 2.73 bits per heavy atom. The van der Waals surface area contributed by atoms with Crippen molar-refractivity contribution in [2.45, 2.75) is 12.8 Å². The minimum Gasteiger partial charge on any atom is -0.354 e. The van der Waals surface area contributed by atoms with Gasteiger partial charge in [0.1, 0.15) is 12.0 Å². The van der Waals surface area contributed by atoms with Gasteiger partial charge in [-0.25, -0.2) is 19.6 Å². The van der Waals surface area contributed by atoms with Crippen LogP contribution in [-0.4, -0.2) is 36.3 Å². The summed E-state index contributed by atoms with van der Waals surface area (Å²) >= 11 is 0. The second-order valence-corrected chi connectivity index (χ2v) is 4.86. The van der Waals surface area contributed by atoms with Gasteiger partial charge >= 0.3 is 0 Å². The Balaban J connectivity index is 1.56. The van der Waals surface area contributed by atoms with Crippen LogP contribution in [-0.2, 0) is 13.5 Å². The summed E-state index contributed by atoms with van der Waals surface area (Å²) in [5.41, 5.74) is 2.04. The lowest BCUT2D eigenvalue weighted by atomic mass is 10.1. The van der Waals surface area contributed by atoms with Gasteiger partial charge < -0.3 is 5.32 Å². The average Bonchev–Trinajstić information content (AvgIpc) is 2.99. The molecule has 0 fully saturated rings. The van der Waals surface area contributed by atoms with Crippen LogP contribution in [0.25, 0.3) is 11.5 Å². The lowest BCUT2D eigenvalue weighted by Crippen LogP contribution is -2.07. The molecular weight excluding hydrogens is 278 g/mol. The molecule has 0 saturated carbocycles. The maximum atomic E-state index is 4.47. The third-order valence-electron chi connectivity index (χ3n) is 3.27. The van der Waals surface area contributed by atoms with E-state index in [4.69, 9.17) is 0 Å². The van der Waals surface area contributed by atoms with Crippen LogP contribution in [0, 0.1) is 0 Å². The highest BCUT2D eigenvalue weighted by molar-refractivity contribution is 5.50. The van der Waals surface area contributed by atoms with E-state index in [1.165, 1.54) is 11.9 Å². The van der Waals surface area contributed by atoms with Gasteiger partial charge in [0, 0.05) is 32.2 Å². The molecule has 7 heteroatoms. The molecule has 3 aromatic heterocycles. The van der Waals surface area contributed by atoms with Crippen molar-refractivity contribution in [2.75, 3.05) is 11.9 Å². The minimum absolute atomic E-state index is 0.607. The second-order valence-electron chi connectivity index (χ2n) is 4.86. The van der Waals surface area contributed by atoms with Crippen LogP contribution in [0.2, 0.25) is 0 Å². The van der Waals surface area contributed by atoms with Gasteiger partial charge in [0.25, 0.3) is 0 Å². The van der Waals surface area contributed by atoms with E-state index in [2.05, 4.69) is 30.4 Å². The van der Waals surface area contributed by atoms with E-state index < -0.39 is 0 Å². The van der Waals surface area contributed by atoms with Crippen LogP contribution in [0.3, 0.4) is 0 Å². The number of nitrogens with zero attached hydrogens (tertiary/aromatic N) is 6. The van der Waals surface area contributed by atoms with Crippen LogP contribution in [0.1, 0.15) is 12.0 Å². The highest BCUT2D eigenvalue weighted by Crippen LogP contribution is 2.13. The Morgan fingerprint density at radius 1 is 1.09 bits per heavy atom. The van der Waals surface area contributed by atoms with Crippen molar-refractivity contribution in [3.63, 3.8) is 0 Å². The molecule has 22 heavy (non-hydrogen) atoms. The highest BCUT2D eigenvalue weighted by Gasteiger charge is 2.07. The fourth-order valence-electron chi connectivity index (χ4n) is 2.14. The zero-order valence-corrected chi connectivity index (χ0v) is 12.3. The predicted octanol–water partition coefficient (Wildman–Crippen LogP) is 1.71. The van der Waals surface area contributed by atoms with Gasteiger partial charge in [-0.1, -0.05) is 0 Å². The molecule has 112 valence electrons. The molecular formula is C15H17N7.